The van der Waals surface area contributed by atoms with Gasteiger partial charge in [0, 0.05) is 18.5 Å². The highest BCUT2D eigenvalue weighted by molar-refractivity contribution is 5.98. The van der Waals surface area contributed by atoms with E-state index in [4.69, 9.17) is 9.47 Å². The van der Waals surface area contributed by atoms with Crippen LogP contribution >= 0.6 is 0 Å². The first-order valence-electron chi connectivity index (χ1n) is 14.9. The van der Waals surface area contributed by atoms with E-state index in [0.717, 1.165) is 0 Å². The van der Waals surface area contributed by atoms with Crippen LogP contribution in [0.4, 0.5) is 0 Å². The second kappa shape index (κ2) is 13.1. The van der Waals surface area contributed by atoms with Gasteiger partial charge in [0.2, 0.25) is 17.7 Å². The second-order valence-electron chi connectivity index (χ2n) is 12.7. The summed E-state index contributed by atoms with van der Waals surface area (Å²) in [6, 6.07) is -1.61. The highest BCUT2D eigenvalue weighted by atomic mass is 16.6. The molecule has 1 spiro atoms. The Hall–Kier alpha value is -2.72. The van der Waals surface area contributed by atoms with Gasteiger partial charge in [0.15, 0.2) is 0 Å². The molecule has 0 radical (unpaired) electrons. The van der Waals surface area contributed by atoms with Crippen LogP contribution in [0.3, 0.4) is 0 Å². The average Bonchev–Trinajstić information content (AvgIpc) is 3.56. The predicted octanol–water partition coefficient (Wildman–Crippen LogP) is 2.60. The summed E-state index contributed by atoms with van der Waals surface area (Å²) in [5, 5.41) is 13.2. The number of allylic oxidation sites excluding steroid dienone is 1. The number of esters is 1. The third-order valence-electron chi connectivity index (χ3n) is 8.96. The summed E-state index contributed by atoms with van der Waals surface area (Å²) in [6.07, 6.45) is 4.64. The van der Waals surface area contributed by atoms with Gasteiger partial charge in [-0.25, -0.2) is 0 Å². The lowest BCUT2D eigenvalue weighted by atomic mass is 9.70. The van der Waals surface area contributed by atoms with E-state index in [0.29, 0.717) is 32.1 Å². The maximum absolute atomic E-state index is 14.4. The number of ether oxygens (including phenoxy) is 2. The largest absolute Gasteiger partial charge is 0.460 e. The number of nitrogens with one attached hydrogen (secondary N) is 1. The van der Waals surface area contributed by atoms with Crippen molar-refractivity contribution in [3.63, 3.8) is 0 Å². The number of rotatable bonds is 14. The zero-order chi connectivity index (χ0) is 30.7. The van der Waals surface area contributed by atoms with Gasteiger partial charge in [0.05, 0.1) is 37.1 Å². The molecular formula is C31H49N3O7. The summed E-state index contributed by atoms with van der Waals surface area (Å²) in [7, 11) is 0. The molecule has 3 aliphatic heterocycles. The molecule has 3 fully saturated rings. The van der Waals surface area contributed by atoms with Gasteiger partial charge in [-0.15, -0.1) is 13.2 Å². The number of fused-ring (bicyclic) bond motifs is 1. The SMILES string of the molecule is C=CCCC(=O)NC[C@@H](C)OC(=O)[C@@H]1[C@H]2C(=O)N([C@@H](CO)[C@@H](C)CC)[C@H](C(=O)N(CC=C)C(C)(C)C)[C@]23CC[C@H]1O3. The average molecular weight is 576 g/mol. The summed E-state index contributed by atoms with van der Waals surface area (Å²) in [5.41, 5.74) is -1.77. The third kappa shape index (κ3) is 6.23. The Morgan fingerprint density at radius 2 is 1.95 bits per heavy atom. The van der Waals surface area contributed by atoms with Crippen molar-refractivity contribution in [2.24, 2.45) is 17.8 Å². The van der Waals surface area contributed by atoms with Crippen LogP contribution in [-0.2, 0) is 28.7 Å². The van der Waals surface area contributed by atoms with Crippen molar-refractivity contribution in [1.82, 2.24) is 15.1 Å². The molecule has 0 saturated carbocycles. The fraction of sp³-hybridized carbons (Fsp3) is 0.742. The normalized spacial score (nSPS) is 29.0. The van der Waals surface area contributed by atoms with Crippen LogP contribution in [0, 0.1) is 17.8 Å². The van der Waals surface area contributed by atoms with Crippen LogP contribution in [0.2, 0.25) is 0 Å². The number of nitrogens with zero attached hydrogens (tertiary/aromatic N) is 2. The quantitative estimate of drug-likeness (QED) is 0.241. The van der Waals surface area contributed by atoms with E-state index < -0.39 is 53.2 Å². The number of hydrogen-bond donors (Lipinski definition) is 2. The molecule has 230 valence electrons. The highest BCUT2D eigenvalue weighted by Gasteiger charge is 2.76. The molecule has 2 N–H and O–H groups in total. The van der Waals surface area contributed by atoms with Crippen molar-refractivity contribution < 1.29 is 33.8 Å². The summed E-state index contributed by atoms with van der Waals surface area (Å²) < 4.78 is 12.3. The summed E-state index contributed by atoms with van der Waals surface area (Å²) in [5.74, 6) is -3.25. The zero-order valence-electron chi connectivity index (χ0n) is 25.6. The van der Waals surface area contributed by atoms with Gasteiger partial charge >= 0.3 is 5.97 Å². The third-order valence-corrected chi connectivity index (χ3v) is 8.96. The zero-order valence-corrected chi connectivity index (χ0v) is 25.6. The molecule has 10 heteroatoms. The van der Waals surface area contributed by atoms with Crippen LogP contribution < -0.4 is 5.32 Å². The minimum atomic E-state index is -1.20. The number of likely N-dealkylation sites (tertiary alicyclic amines) is 1. The lowest BCUT2D eigenvalue weighted by Gasteiger charge is -2.44. The van der Waals surface area contributed by atoms with E-state index >= 15 is 0 Å². The number of amides is 3. The predicted molar refractivity (Wildman–Crippen MR) is 154 cm³/mol. The first-order chi connectivity index (χ1) is 19.3. The molecule has 0 aromatic carbocycles. The van der Waals surface area contributed by atoms with Gasteiger partial charge in [-0.05, 0) is 52.9 Å². The molecule has 2 bridgehead atoms. The number of hydrogen-bond acceptors (Lipinski definition) is 7. The molecular weight excluding hydrogens is 526 g/mol. The van der Waals surface area contributed by atoms with Crippen molar-refractivity contribution >= 4 is 23.7 Å². The lowest BCUT2D eigenvalue weighted by molar-refractivity contribution is -0.161. The van der Waals surface area contributed by atoms with E-state index in [-0.39, 0.29) is 43.3 Å². The number of aliphatic hydroxyl groups is 1. The van der Waals surface area contributed by atoms with Crippen molar-refractivity contribution in [3.05, 3.63) is 25.3 Å². The summed E-state index contributed by atoms with van der Waals surface area (Å²) >= 11 is 0. The Bertz CT molecular complexity index is 1020. The van der Waals surface area contributed by atoms with Crippen molar-refractivity contribution in [2.45, 2.75) is 109 Å². The Morgan fingerprint density at radius 3 is 2.51 bits per heavy atom. The highest BCUT2D eigenvalue weighted by Crippen LogP contribution is 2.59. The molecule has 41 heavy (non-hydrogen) atoms. The van der Waals surface area contributed by atoms with Crippen LogP contribution in [0.25, 0.3) is 0 Å². The maximum Gasteiger partial charge on any atom is 0.312 e. The minimum Gasteiger partial charge on any atom is -0.460 e. The molecule has 0 aromatic rings. The van der Waals surface area contributed by atoms with Crippen molar-refractivity contribution in [3.8, 4) is 0 Å². The minimum absolute atomic E-state index is 0.0932. The Balaban J connectivity index is 1.95. The topological polar surface area (TPSA) is 125 Å². The summed E-state index contributed by atoms with van der Waals surface area (Å²) in [4.78, 5) is 57.6. The van der Waals surface area contributed by atoms with Gasteiger partial charge in [0.25, 0.3) is 0 Å². The Morgan fingerprint density at radius 1 is 1.27 bits per heavy atom. The standard InChI is InChI=1S/C31H49N3O7/c1-9-12-13-23(36)32-17-20(5)40-29(39)24-22-14-15-31(41-22)25(24)27(37)34(21(18-35)19(4)11-3)26(31)28(38)33(16-10-2)30(6,7)8/h9-10,19-22,24-26,35H,1-2,11-18H2,3-8H3,(H,32,36)/t19-,20+,21-,22+,24-,25-,26+,31-/m0/s1. The van der Waals surface area contributed by atoms with Crippen LogP contribution in [-0.4, -0.2) is 93.7 Å². The molecule has 0 aromatic heterocycles. The number of carbonyl (C=O) groups excluding carboxylic acids is 4. The van der Waals surface area contributed by atoms with Gasteiger partial charge in [-0.2, -0.15) is 0 Å². The molecule has 0 aliphatic carbocycles. The fourth-order valence-corrected chi connectivity index (χ4v) is 6.68. The molecule has 3 amide bonds. The van der Waals surface area contributed by atoms with E-state index in [1.54, 1.807) is 24.0 Å². The molecule has 3 heterocycles. The molecule has 0 unspecified atom stereocenters. The van der Waals surface area contributed by atoms with Gasteiger partial charge < -0.3 is 29.7 Å². The van der Waals surface area contributed by atoms with Crippen molar-refractivity contribution in [1.29, 1.82) is 0 Å². The Kier molecular flexibility index (Phi) is 10.5. The van der Waals surface area contributed by atoms with Gasteiger partial charge in [-0.3, -0.25) is 19.2 Å². The van der Waals surface area contributed by atoms with Crippen LogP contribution in [0.5, 0.6) is 0 Å². The number of aliphatic hydroxyl groups excluding tert-OH is 1. The fourth-order valence-electron chi connectivity index (χ4n) is 6.68. The molecule has 3 saturated heterocycles. The maximum atomic E-state index is 14.4. The van der Waals surface area contributed by atoms with Crippen LogP contribution in [0.15, 0.2) is 25.3 Å². The molecule has 10 nitrogen and oxygen atoms in total. The summed E-state index contributed by atoms with van der Waals surface area (Å²) in [6.45, 7) is 18.9. The van der Waals surface area contributed by atoms with Crippen molar-refractivity contribution in [2.75, 3.05) is 19.7 Å². The first kappa shape index (κ1) is 32.8. The smallest absolute Gasteiger partial charge is 0.312 e. The lowest BCUT2D eigenvalue weighted by Crippen LogP contribution is -2.62. The Labute approximate surface area is 244 Å². The first-order valence-corrected chi connectivity index (χ1v) is 14.9. The van der Waals surface area contributed by atoms with E-state index in [1.165, 1.54) is 4.90 Å². The monoisotopic (exact) mass is 575 g/mol. The van der Waals surface area contributed by atoms with E-state index in [1.807, 2.05) is 34.6 Å². The number of carbonyl (C=O) groups is 4. The van der Waals surface area contributed by atoms with Crippen LogP contribution in [0.1, 0.15) is 73.6 Å². The van der Waals surface area contributed by atoms with E-state index in [9.17, 15) is 24.3 Å². The van der Waals surface area contributed by atoms with Gasteiger partial charge in [-0.1, -0.05) is 32.4 Å². The molecule has 3 aliphatic rings. The van der Waals surface area contributed by atoms with E-state index in [2.05, 4.69) is 18.5 Å². The second-order valence-corrected chi connectivity index (χ2v) is 12.7. The van der Waals surface area contributed by atoms with Gasteiger partial charge in [0.1, 0.15) is 17.7 Å². The molecule has 3 rings (SSSR count). The molecule has 8 atom stereocenters.